The Bertz CT molecular complexity index is 885. The molecule has 2 heterocycles. The second-order valence-corrected chi connectivity index (χ2v) is 7.05. The summed E-state index contributed by atoms with van der Waals surface area (Å²) in [5, 5.41) is 5.72. The Morgan fingerprint density at radius 2 is 2.04 bits per heavy atom. The van der Waals surface area contributed by atoms with Gasteiger partial charge in [-0.1, -0.05) is 30.3 Å². The standard InChI is InChI=1S/C21H24N4O3/c1-24-10-11-25(21(24)27)17-7-4-6-16(13-17)23-20(26)22-14-19-18-8-3-2-5-15(18)9-12-28-19/h2-8,13,19H,9-12,14H2,1H3,(H2,22,23,26)/t19-/m1/s1. The molecule has 0 spiro atoms. The van der Waals surface area contributed by atoms with Gasteiger partial charge in [0.05, 0.1) is 6.61 Å². The molecule has 2 aromatic carbocycles. The Morgan fingerprint density at radius 1 is 1.18 bits per heavy atom. The van der Waals surface area contributed by atoms with Gasteiger partial charge in [-0.15, -0.1) is 0 Å². The molecule has 146 valence electrons. The van der Waals surface area contributed by atoms with E-state index >= 15 is 0 Å². The van der Waals surface area contributed by atoms with Crippen LogP contribution in [0.1, 0.15) is 17.2 Å². The lowest BCUT2D eigenvalue weighted by atomic mass is 9.98. The zero-order chi connectivity index (χ0) is 19.5. The van der Waals surface area contributed by atoms with Crippen LogP contribution in [-0.2, 0) is 11.2 Å². The van der Waals surface area contributed by atoms with Crippen LogP contribution in [-0.4, -0.2) is 50.3 Å². The topological polar surface area (TPSA) is 73.9 Å². The molecule has 4 rings (SSSR count). The molecule has 4 amide bonds. The SMILES string of the molecule is CN1CCN(c2cccc(NC(=O)NC[C@H]3OCCc4ccccc43)c2)C1=O. The number of hydrogen-bond acceptors (Lipinski definition) is 3. The van der Waals surface area contributed by atoms with Crippen molar-refractivity contribution in [3.8, 4) is 0 Å². The number of hydrogen-bond donors (Lipinski definition) is 2. The number of anilines is 2. The molecule has 0 aromatic heterocycles. The highest BCUT2D eigenvalue weighted by Gasteiger charge is 2.26. The normalized spacial score (nSPS) is 18.8. The van der Waals surface area contributed by atoms with E-state index in [2.05, 4.69) is 16.7 Å². The summed E-state index contributed by atoms with van der Waals surface area (Å²) in [7, 11) is 1.78. The minimum atomic E-state index is -0.298. The van der Waals surface area contributed by atoms with E-state index in [4.69, 9.17) is 4.74 Å². The number of ether oxygens (including phenoxy) is 1. The number of carbonyl (C=O) groups is 2. The van der Waals surface area contributed by atoms with Crippen molar-refractivity contribution in [2.45, 2.75) is 12.5 Å². The zero-order valence-corrected chi connectivity index (χ0v) is 15.9. The molecule has 28 heavy (non-hydrogen) atoms. The van der Waals surface area contributed by atoms with Crippen molar-refractivity contribution in [3.05, 3.63) is 59.7 Å². The van der Waals surface area contributed by atoms with Crippen molar-refractivity contribution < 1.29 is 14.3 Å². The first kappa shape index (κ1) is 18.3. The van der Waals surface area contributed by atoms with Crippen LogP contribution in [0, 0.1) is 0 Å². The molecule has 1 saturated heterocycles. The van der Waals surface area contributed by atoms with Gasteiger partial charge in [-0.25, -0.2) is 9.59 Å². The van der Waals surface area contributed by atoms with Crippen LogP contribution in [0.4, 0.5) is 21.0 Å². The first-order valence-electron chi connectivity index (χ1n) is 9.49. The van der Waals surface area contributed by atoms with Gasteiger partial charge in [0.25, 0.3) is 0 Å². The molecular formula is C21H24N4O3. The van der Waals surface area contributed by atoms with Gasteiger partial charge in [-0.2, -0.15) is 0 Å². The maximum atomic E-state index is 12.3. The largest absolute Gasteiger partial charge is 0.371 e. The molecule has 1 atom stereocenters. The summed E-state index contributed by atoms with van der Waals surface area (Å²) in [4.78, 5) is 27.9. The van der Waals surface area contributed by atoms with Crippen LogP contribution in [0.2, 0.25) is 0 Å². The van der Waals surface area contributed by atoms with E-state index in [1.54, 1.807) is 22.9 Å². The van der Waals surface area contributed by atoms with Crippen molar-refractivity contribution in [1.82, 2.24) is 10.2 Å². The molecule has 0 unspecified atom stereocenters. The Labute approximate surface area is 164 Å². The van der Waals surface area contributed by atoms with Crippen molar-refractivity contribution in [2.24, 2.45) is 0 Å². The number of carbonyl (C=O) groups excluding carboxylic acids is 2. The molecule has 7 nitrogen and oxygen atoms in total. The summed E-state index contributed by atoms with van der Waals surface area (Å²) in [6.07, 6.45) is 0.760. The third-order valence-electron chi connectivity index (χ3n) is 5.17. The van der Waals surface area contributed by atoms with E-state index in [-0.39, 0.29) is 18.2 Å². The second-order valence-electron chi connectivity index (χ2n) is 7.05. The van der Waals surface area contributed by atoms with Gasteiger partial charge in [-0.05, 0) is 35.7 Å². The molecule has 2 aromatic rings. The molecule has 0 radical (unpaired) electrons. The van der Waals surface area contributed by atoms with Gasteiger partial charge < -0.3 is 20.3 Å². The summed E-state index contributed by atoms with van der Waals surface area (Å²) < 4.78 is 5.82. The smallest absolute Gasteiger partial charge is 0.324 e. The minimum absolute atomic E-state index is 0.0327. The van der Waals surface area contributed by atoms with Crippen LogP contribution in [0.3, 0.4) is 0 Å². The Kier molecular flexibility index (Phi) is 5.16. The molecular weight excluding hydrogens is 356 g/mol. The third kappa shape index (κ3) is 3.80. The summed E-state index contributed by atoms with van der Waals surface area (Å²) in [6, 6.07) is 15.1. The van der Waals surface area contributed by atoms with Crippen molar-refractivity contribution in [3.63, 3.8) is 0 Å². The highest BCUT2D eigenvalue weighted by atomic mass is 16.5. The lowest BCUT2D eigenvalue weighted by molar-refractivity contribution is 0.0444. The summed E-state index contributed by atoms with van der Waals surface area (Å²) in [5.74, 6) is 0. The van der Waals surface area contributed by atoms with Gasteiger partial charge in [0.2, 0.25) is 0 Å². The summed E-state index contributed by atoms with van der Waals surface area (Å²) in [6.45, 7) is 2.40. The van der Waals surface area contributed by atoms with Gasteiger partial charge in [0.1, 0.15) is 6.10 Å². The quantitative estimate of drug-likeness (QED) is 0.856. The average Bonchev–Trinajstić information content (AvgIpc) is 3.05. The average molecular weight is 380 g/mol. The van der Waals surface area contributed by atoms with Crippen LogP contribution < -0.4 is 15.5 Å². The zero-order valence-electron chi connectivity index (χ0n) is 15.9. The predicted molar refractivity (Wildman–Crippen MR) is 108 cm³/mol. The van der Waals surface area contributed by atoms with E-state index in [0.29, 0.717) is 31.9 Å². The van der Waals surface area contributed by atoms with Crippen LogP contribution in [0.15, 0.2) is 48.5 Å². The lowest BCUT2D eigenvalue weighted by Crippen LogP contribution is -2.34. The first-order chi connectivity index (χ1) is 13.6. The number of rotatable bonds is 4. The summed E-state index contributed by atoms with van der Waals surface area (Å²) in [5.41, 5.74) is 3.82. The van der Waals surface area contributed by atoms with E-state index in [9.17, 15) is 9.59 Å². The molecule has 2 N–H and O–H groups in total. The molecule has 0 aliphatic carbocycles. The monoisotopic (exact) mass is 380 g/mol. The third-order valence-corrected chi connectivity index (χ3v) is 5.17. The van der Waals surface area contributed by atoms with Crippen LogP contribution >= 0.6 is 0 Å². The number of nitrogens with zero attached hydrogens (tertiary/aromatic N) is 2. The van der Waals surface area contributed by atoms with Crippen molar-refractivity contribution in [1.29, 1.82) is 0 Å². The number of urea groups is 2. The number of nitrogens with one attached hydrogen (secondary N) is 2. The number of fused-ring (bicyclic) bond motifs is 1. The van der Waals surface area contributed by atoms with E-state index < -0.39 is 0 Å². The Balaban J connectivity index is 1.36. The number of benzene rings is 2. The molecule has 0 saturated carbocycles. The van der Waals surface area contributed by atoms with Crippen LogP contribution in [0.25, 0.3) is 0 Å². The lowest BCUT2D eigenvalue weighted by Gasteiger charge is -2.26. The number of amides is 4. The van der Waals surface area contributed by atoms with Gasteiger partial charge in [-0.3, -0.25) is 4.90 Å². The molecule has 1 fully saturated rings. The van der Waals surface area contributed by atoms with Crippen molar-refractivity contribution >= 4 is 23.4 Å². The maximum absolute atomic E-state index is 12.3. The molecule has 2 aliphatic heterocycles. The maximum Gasteiger partial charge on any atom is 0.324 e. The fourth-order valence-electron chi connectivity index (χ4n) is 3.64. The van der Waals surface area contributed by atoms with Crippen LogP contribution in [0.5, 0.6) is 0 Å². The minimum Gasteiger partial charge on any atom is -0.371 e. The summed E-state index contributed by atoms with van der Waals surface area (Å²) >= 11 is 0. The fourth-order valence-corrected chi connectivity index (χ4v) is 3.64. The molecule has 2 aliphatic rings. The van der Waals surface area contributed by atoms with E-state index in [1.165, 1.54) is 5.56 Å². The van der Waals surface area contributed by atoms with E-state index in [0.717, 1.165) is 17.7 Å². The predicted octanol–water partition coefficient (Wildman–Crippen LogP) is 2.99. The van der Waals surface area contributed by atoms with Crippen molar-refractivity contribution in [2.75, 3.05) is 43.5 Å². The Morgan fingerprint density at radius 3 is 2.86 bits per heavy atom. The highest BCUT2D eigenvalue weighted by Crippen LogP contribution is 2.26. The fraction of sp³-hybridized carbons (Fsp3) is 0.333. The van der Waals surface area contributed by atoms with E-state index in [1.807, 2.05) is 36.4 Å². The first-order valence-corrected chi connectivity index (χ1v) is 9.49. The number of likely N-dealkylation sites (N-methyl/N-ethyl adjacent to an activating group) is 1. The molecule has 7 heteroatoms. The Hall–Kier alpha value is -3.06. The molecule has 0 bridgehead atoms. The van der Waals surface area contributed by atoms with Gasteiger partial charge in [0, 0.05) is 38.1 Å². The van der Waals surface area contributed by atoms with Gasteiger partial charge in [0.15, 0.2) is 0 Å². The van der Waals surface area contributed by atoms with Gasteiger partial charge >= 0.3 is 12.1 Å². The second kappa shape index (κ2) is 7.90. The highest BCUT2D eigenvalue weighted by molar-refractivity contribution is 5.95.